The molecule has 2 rings (SSSR count). The number of ether oxygens (including phenoxy) is 1. The molecule has 0 aliphatic heterocycles. The minimum atomic E-state index is -0.402. The number of ketones is 1. The van der Waals surface area contributed by atoms with Crippen LogP contribution in [0.4, 0.5) is 4.39 Å². The lowest BCUT2D eigenvalue weighted by Crippen LogP contribution is -2.00. The van der Waals surface area contributed by atoms with Gasteiger partial charge in [-0.05, 0) is 49.9 Å². The van der Waals surface area contributed by atoms with Gasteiger partial charge in [0.25, 0.3) is 0 Å². The SMILES string of the molecule is CSc1ccccc1Oc1cc(C)c(F)cc1C(C)=O. The third kappa shape index (κ3) is 3.02. The van der Waals surface area contributed by atoms with Crippen LogP contribution >= 0.6 is 11.8 Å². The molecule has 0 heterocycles. The summed E-state index contributed by atoms with van der Waals surface area (Å²) in [6, 6.07) is 10.3. The molecule has 2 aromatic rings. The molecule has 0 atom stereocenters. The van der Waals surface area contributed by atoms with E-state index in [-0.39, 0.29) is 11.3 Å². The molecule has 0 aliphatic rings. The lowest BCUT2D eigenvalue weighted by molar-refractivity contribution is 0.101. The van der Waals surface area contributed by atoms with Crippen molar-refractivity contribution in [3.63, 3.8) is 0 Å². The van der Waals surface area contributed by atoms with E-state index in [1.807, 2.05) is 30.5 Å². The molecule has 0 unspecified atom stereocenters. The summed E-state index contributed by atoms with van der Waals surface area (Å²) in [6.07, 6.45) is 1.95. The molecule has 0 aliphatic carbocycles. The van der Waals surface area contributed by atoms with Crippen molar-refractivity contribution in [1.29, 1.82) is 0 Å². The highest BCUT2D eigenvalue weighted by Gasteiger charge is 2.14. The fourth-order valence-corrected chi connectivity index (χ4v) is 2.36. The van der Waals surface area contributed by atoms with E-state index < -0.39 is 5.82 Å². The minimum Gasteiger partial charge on any atom is -0.455 e. The maximum Gasteiger partial charge on any atom is 0.163 e. The van der Waals surface area contributed by atoms with Gasteiger partial charge in [0.1, 0.15) is 17.3 Å². The molecule has 0 N–H and O–H groups in total. The van der Waals surface area contributed by atoms with Gasteiger partial charge in [-0.3, -0.25) is 4.79 Å². The predicted molar refractivity (Wildman–Crippen MR) is 79.4 cm³/mol. The molecule has 0 fully saturated rings. The quantitative estimate of drug-likeness (QED) is 0.594. The summed E-state index contributed by atoms with van der Waals surface area (Å²) in [7, 11) is 0. The van der Waals surface area contributed by atoms with Crippen LogP contribution in [0.3, 0.4) is 0 Å². The van der Waals surface area contributed by atoms with Crippen LogP contribution < -0.4 is 4.74 Å². The number of Topliss-reactive ketones (excluding diaryl/α,β-unsaturated/α-hetero) is 1. The molecular formula is C16H15FO2S. The Morgan fingerprint density at radius 1 is 1.20 bits per heavy atom. The second kappa shape index (κ2) is 6.09. The second-order valence-corrected chi connectivity index (χ2v) is 5.25. The van der Waals surface area contributed by atoms with Crippen molar-refractivity contribution in [2.24, 2.45) is 0 Å². The molecule has 20 heavy (non-hydrogen) atoms. The molecule has 0 saturated heterocycles. The molecular weight excluding hydrogens is 275 g/mol. The van der Waals surface area contributed by atoms with Crippen molar-refractivity contribution in [1.82, 2.24) is 0 Å². The molecule has 0 bridgehead atoms. The fourth-order valence-electron chi connectivity index (χ4n) is 1.84. The third-order valence-corrected chi connectivity index (χ3v) is 3.71. The third-order valence-electron chi connectivity index (χ3n) is 2.93. The van der Waals surface area contributed by atoms with Crippen LogP contribution in [0.1, 0.15) is 22.8 Å². The Bertz CT molecular complexity index is 653. The monoisotopic (exact) mass is 290 g/mol. The highest BCUT2D eigenvalue weighted by Crippen LogP contribution is 2.34. The number of rotatable bonds is 4. The average molecular weight is 290 g/mol. The first kappa shape index (κ1) is 14.6. The largest absolute Gasteiger partial charge is 0.455 e. The number of benzene rings is 2. The zero-order valence-electron chi connectivity index (χ0n) is 11.6. The van der Waals surface area contributed by atoms with Crippen LogP contribution in [-0.4, -0.2) is 12.0 Å². The number of aryl methyl sites for hydroxylation is 1. The maximum absolute atomic E-state index is 13.6. The summed E-state index contributed by atoms with van der Waals surface area (Å²) in [5.74, 6) is 0.424. The first-order valence-electron chi connectivity index (χ1n) is 6.15. The Hall–Kier alpha value is -1.81. The van der Waals surface area contributed by atoms with E-state index in [1.165, 1.54) is 13.0 Å². The zero-order valence-corrected chi connectivity index (χ0v) is 12.4. The van der Waals surface area contributed by atoms with Gasteiger partial charge in [0.05, 0.1) is 5.56 Å². The van der Waals surface area contributed by atoms with Crippen molar-refractivity contribution in [2.45, 2.75) is 18.7 Å². The zero-order chi connectivity index (χ0) is 14.7. The standard InChI is InChI=1S/C16H15FO2S/c1-10-8-15(12(11(2)18)9-13(10)17)19-14-6-4-5-7-16(14)20-3/h4-9H,1-3H3. The molecule has 2 aromatic carbocycles. The van der Waals surface area contributed by atoms with E-state index in [9.17, 15) is 9.18 Å². The van der Waals surface area contributed by atoms with Gasteiger partial charge in [0.2, 0.25) is 0 Å². The van der Waals surface area contributed by atoms with Gasteiger partial charge in [0, 0.05) is 4.90 Å². The van der Waals surface area contributed by atoms with Crippen molar-refractivity contribution < 1.29 is 13.9 Å². The van der Waals surface area contributed by atoms with E-state index in [0.29, 0.717) is 17.1 Å². The van der Waals surface area contributed by atoms with Gasteiger partial charge < -0.3 is 4.74 Å². The Labute approximate surface area is 122 Å². The van der Waals surface area contributed by atoms with Crippen molar-refractivity contribution in [2.75, 3.05) is 6.26 Å². The van der Waals surface area contributed by atoms with E-state index in [1.54, 1.807) is 24.8 Å². The molecule has 0 saturated carbocycles. The van der Waals surface area contributed by atoms with Gasteiger partial charge in [-0.2, -0.15) is 0 Å². The summed E-state index contributed by atoms with van der Waals surface area (Å²) in [6.45, 7) is 3.05. The van der Waals surface area contributed by atoms with Crippen LogP contribution in [0.25, 0.3) is 0 Å². The second-order valence-electron chi connectivity index (χ2n) is 4.41. The average Bonchev–Trinajstić information content (AvgIpc) is 2.43. The van der Waals surface area contributed by atoms with Crippen LogP contribution in [0.5, 0.6) is 11.5 Å². The van der Waals surface area contributed by atoms with E-state index in [4.69, 9.17) is 4.74 Å². The normalized spacial score (nSPS) is 10.4. The molecule has 4 heteroatoms. The van der Waals surface area contributed by atoms with Crippen molar-refractivity contribution >= 4 is 17.5 Å². The van der Waals surface area contributed by atoms with Crippen molar-refractivity contribution in [3.8, 4) is 11.5 Å². The molecule has 0 radical (unpaired) electrons. The number of hydrogen-bond acceptors (Lipinski definition) is 3. The molecule has 2 nitrogen and oxygen atoms in total. The highest BCUT2D eigenvalue weighted by molar-refractivity contribution is 7.98. The number of thioether (sulfide) groups is 1. The van der Waals surface area contributed by atoms with Crippen LogP contribution in [0.15, 0.2) is 41.3 Å². The van der Waals surface area contributed by atoms with Gasteiger partial charge in [0.15, 0.2) is 5.78 Å². The topological polar surface area (TPSA) is 26.3 Å². The Morgan fingerprint density at radius 3 is 2.55 bits per heavy atom. The molecule has 0 aromatic heterocycles. The molecule has 104 valence electrons. The summed E-state index contributed by atoms with van der Waals surface area (Å²) in [4.78, 5) is 12.6. The van der Waals surface area contributed by atoms with E-state index >= 15 is 0 Å². The first-order chi connectivity index (χ1) is 9.52. The van der Waals surface area contributed by atoms with Crippen LogP contribution in [0, 0.1) is 12.7 Å². The number of hydrogen-bond donors (Lipinski definition) is 0. The number of carbonyl (C=O) groups is 1. The Balaban J connectivity index is 2.47. The van der Waals surface area contributed by atoms with Crippen LogP contribution in [-0.2, 0) is 0 Å². The van der Waals surface area contributed by atoms with Gasteiger partial charge >= 0.3 is 0 Å². The van der Waals surface area contributed by atoms with E-state index in [0.717, 1.165) is 4.90 Å². The lowest BCUT2D eigenvalue weighted by Gasteiger charge is -2.13. The van der Waals surface area contributed by atoms with Gasteiger partial charge in [-0.1, -0.05) is 12.1 Å². The molecule has 0 amide bonds. The number of halogens is 1. The Kier molecular flexibility index (Phi) is 4.45. The summed E-state index contributed by atoms with van der Waals surface area (Å²) in [5.41, 5.74) is 0.704. The summed E-state index contributed by atoms with van der Waals surface area (Å²) < 4.78 is 19.4. The predicted octanol–water partition coefficient (Wildman–Crippen LogP) is 4.85. The molecule has 0 spiro atoms. The summed E-state index contributed by atoms with van der Waals surface area (Å²) in [5, 5.41) is 0. The van der Waals surface area contributed by atoms with Crippen molar-refractivity contribution in [3.05, 3.63) is 53.3 Å². The summed E-state index contributed by atoms with van der Waals surface area (Å²) >= 11 is 1.55. The minimum absolute atomic E-state index is 0.222. The number of para-hydroxylation sites is 1. The van der Waals surface area contributed by atoms with E-state index in [2.05, 4.69) is 0 Å². The first-order valence-corrected chi connectivity index (χ1v) is 7.37. The van der Waals surface area contributed by atoms with Gasteiger partial charge in [-0.15, -0.1) is 11.8 Å². The highest BCUT2D eigenvalue weighted by atomic mass is 32.2. The lowest BCUT2D eigenvalue weighted by atomic mass is 10.1. The number of carbonyl (C=O) groups excluding carboxylic acids is 1. The smallest absolute Gasteiger partial charge is 0.163 e. The van der Waals surface area contributed by atoms with Crippen LogP contribution in [0.2, 0.25) is 0 Å². The van der Waals surface area contributed by atoms with Gasteiger partial charge in [-0.25, -0.2) is 4.39 Å². The Morgan fingerprint density at radius 2 is 1.90 bits per heavy atom. The fraction of sp³-hybridized carbons (Fsp3) is 0.188. The maximum atomic E-state index is 13.6.